The molecule has 0 spiro atoms. The van der Waals surface area contributed by atoms with E-state index < -0.39 is 5.82 Å². The highest BCUT2D eigenvalue weighted by Gasteiger charge is 2.21. The highest BCUT2D eigenvalue weighted by atomic mass is 32.1. The molecular formula is C14H18FNOS. The van der Waals surface area contributed by atoms with E-state index >= 15 is 0 Å². The second-order valence-corrected chi connectivity index (χ2v) is 5.64. The van der Waals surface area contributed by atoms with Crippen LogP contribution in [-0.2, 0) is 0 Å². The van der Waals surface area contributed by atoms with Crippen molar-refractivity contribution in [2.45, 2.75) is 31.1 Å². The molecule has 0 aliphatic heterocycles. The number of carbonyl (C=O) groups is 1. The quantitative estimate of drug-likeness (QED) is 0.809. The van der Waals surface area contributed by atoms with Crippen molar-refractivity contribution in [1.82, 2.24) is 5.32 Å². The third-order valence-electron chi connectivity index (χ3n) is 3.56. The van der Waals surface area contributed by atoms with E-state index in [4.69, 9.17) is 0 Å². The second-order valence-electron chi connectivity index (χ2n) is 5.16. The van der Waals surface area contributed by atoms with Crippen molar-refractivity contribution < 1.29 is 9.18 Å². The molecule has 0 radical (unpaired) electrons. The van der Waals surface area contributed by atoms with E-state index in [1.54, 1.807) is 0 Å². The molecule has 4 heteroatoms. The van der Waals surface area contributed by atoms with Crippen LogP contribution in [0.2, 0.25) is 0 Å². The Morgan fingerprint density at radius 3 is 2.89 bits per heavy atom. The Morgan fingerprint density at radius 1 is 1.50 bits per heavy atom. The third-order valence-corrected chi connectivity index (χ3v) is 3.91. The van der Waals surface area contributed by atoms with Gasteiger partial charge in [0.1, 0.15) is 5.82 Å². The van der Waals surface area contributed by atoms with Crippen molar-refractivity contribution in [2.75, 3.05) is 6.54 Å². The summed E-state index contributed by atoms with van der Waals surface area (Å²) in [7, 11) is 0. The van der Waals surface area contributed by atoms with Crippen LogP contribution in [0, 0.1) is 17.7 Å². The largest absolute Gasteiger partial charge is 0.352 e. The number of amides is 1. The van der Waals surface area contributed by atoms with Crippen molar-refractivity contribution in [1.29, 1.82) is 0 Å². The Morgan fingerprint density at radius 2 is 2.28 bits per heavy atom. The van der Waals surface area contributed by atoms with Gasteiger partial charge in [-0.25, -0.2) is 4.39 Å². The Kier molecular flexibility index (Phi) is 4.27. The van der Waals surface area contributed by atoms with Gasteiger partial charge in [-0.15, -0.1) is 12.6 Å². The average molecular weight is 267 g/mol. The molecule has 2 nitrogen and oxygen atoms in total. The summed E-state index contributed by atoms with van der Waals surface area (Å²) in [5.74, 6) is 0.797. The van der Waals surface area contributed by atoms with Crippen molar-refractivity contribution in [3.05, 3.63) is 29.6 Å². The van der Waals surface area contributed by atoms with Crippen LogP contribution in [-0.4, -0.2) is 12.5 Å². The van der Waals surface area contributed by atoms with Gasteiger partial charge in [0.2, 0.25) is 0 Å². The van der Waals surface area contributed by atoms with Crippen LogP contribution < -0.4 is 5.32 Å². The van der Waals surface area contributed by atoms with Crippen molar-refractivity contribution in [3.8, 4) is 0 Å². The monoisotopic (exact) mass is 267 g/mol. The molecule has 1 saturated carbocycles. The van der Waals surface area contributed by atoms with Crippen LogP contribution in [0.1, 0.15) is 36.5 Å². The minimum Gasteiger partial charge on any atom is -0.352 e. The summed E-state index contributed by atoms with van der Waals surface area (Å²) in [6, 6.07) is 4.22. The molecule has 0 saturated heterocycles. The molecule has 2 atom stereocenters. The van der Waals surface area contributed by atoms with Gasteiger partial charge < -0.3 is 5.32 Å². The molecule has 2 rings (SSSR count). The summed E-state index contributed by atoms with van der Waals surface area (Å²) in [5, 5.41) is 2.91. The first-order valence-corrected chi connectivity index (χ1v) is 6.77. The maximum absolute atomic E-state index is 13.0. The van der Waals surface area contributed by atoms with Crippen LogP contribution >= 0.6 is 12.6 Å². The normalized spacial score (nSPS) is 23.1. The lowest BCUT2D eigenvalue weighted by Gasteiger charge is -2.11. The summed E-state index contributed by atoms with van der Waals surface area (Å²) in [5.41, 5.74) is 0.465. The zero-order valence-corrected chi connectivity index (χ0v) is 11.3. The molecule has 1 fully saturated rings. The first-order valence-electron chi connectivity index (χ1n) is 6.33. The smallest absolute Gasteiger partial charge is 0.251 e. The van der Waals surface area contributed by atoms with Gasteiger partial charge in [-0.05, 0) is 42.9 Å². The minimum absolute atomic E-state index is 0.148. The van der Waals surface area contributed by atoms with Gasteiger partial charge in [0.15, 0.2) is 0 Å². The molecule has 1 aromatic carbocycles. The lowest BCUT2D eigenvalue weighted by molar-refractivity contribution is 0.0947. The van der Waals surface area contributed by atoms with Crippen molar-refractivity contribution in [2.24, 2.45) is 11.8 Å². The third kappa shape index (κ3) is 3.25. The van der Waals surface area contributed by atoms with Gasteiger partial charge in [0.25, 0.3) is 5.91 Å². The fourth-order valence-corrected chi connectivity index (χ4v) is 2.72. The van der Waals surface area contributed by atoms with Gasteiger partial charge in [0.05, 0.1) is 0 Å². The standard InChI is InChI=1S/C14H18FNOS/c1-9-2-3-10(6-9)8-16-14(17)11-4-5-12(15)13(18)7-11/h4-5,7,9-10,18H,2-3,6,8H2,1H3,(H,16,17). The van der Waals surface area contributed by atoms with Crippen LogP contribution in [0.4, 0.5) is 4.39 Å². The van der Waals surface area contributed by atoms with E-state index in [0.717, 1.165) is 5.92 Å². The molecule has 1 amide bonds. The van der Waals surface area contributed by atoms with Crippen LogP contribution in [0.25, 0.3) is 0 Å². The Labute approximate surface area is 112 Å². The molecule has 1 aliphatic rings. The number of thiol groups is 1. The minimum atomic E-state index is -0.403. The van der Waals surface area contributed by atoms with Gasteiger partial charge in [-0.3, -0.25) is 4.79 Å². The highest BCUT2D eigenvalue weighted by Crippen LogP contribution is 2.29. The van der Waals surface area contributed by atoms with Gasteiger partial charge in [-0.1, -0.05) is 13.3 Å². The summed E-state index contributed by atoms with van der Waals surface area (Å²) in [4.78, 5) is 12.1. The van der Waals surface area contributed by atoms with Gasteiger partial charge in [0, 0.05) is 17.0 Å². The molecule has 1 aromatic rings. The zero-order chi connectivity index (χ0) is 13.1. The molecule has 2 unspecified atom stereocenters. The van der Waals surface area contributed by atoms with E-state index in [-0.39, 0.29) is 10.8 Å². The lowest BCUT2D eigenvalue weighted by Crippen LogP contribution is -2.28. The second kappa shape index (κ2) is 5.74. The topological polar surface area (TPSA) is 29.1 Å². The summed E-state index contributed by atoms with van der Waals surface area (Å²) < 4.78 is 13.0. The Balaban J connectivity index is 1.89. The molecule has 0 heterocycles. The SMILES string of the molecule is CC1CCC(CNC(=O)c2ccc(F)c(S)c2)C1. The van der Waals surface area contributed by atoms with E-state index in [9.17, 15) is 9.18 Å². The predicted octanol–water partition coefficient (Wildman–Crippen LogP) is 3.28. The van der Waals surface area contributed by atoms with Crippen molar-refractivity contribution >= 4 is 18.5 Å². The molecule has 1 aliphatic carbocycles. The molecule has 18 heavy (non-hydrogen) atoms. The highest BCUT2D eigenvalue weighted by molar-refractivity contribution is 7.80. The van der Waals surface area contributed by atoms with E-state index in [1.165, 1.54) is 37.5 Å². The van der Waals surface area contributed by atoms with E-state index in [1.807, 2.05) is 0 Å². The number of hydrogen-bond donors (Lipinski definition) is 2. The lowest BCUT2D eigenvalue weighted by atomic mass is 10.1. The maximum atomic E-state index is 13.0. The molecular weight excluding hydrogens is 249 g/mol. The number of nitrogens with one attached hydrogen (secondary N) is 1. The van der Waals surface area contributed by atoms with Gasteiger partial charge in [-0.2, -0.15) is 0 Å². The molecule has 1 N–H and O–H groups in total. The molecule has 0 bridgehead atoms. The van der Waals surface area contributed by atoms with Crippen LogP contribution in [0.5, 0.6) is 0 Å². The number of rotatable bonds is 3. The number of hydrogen-bond acceptors (Lipinski definition) is 2. The Hall–Kier alpha value is -1.03. The predicted molar refractivity (Wildman–Crippen MR) is 72.5 cm³/mol. The maximum Gasteiger partial charge on any atom is 0.251 e. The first-order chi connectivity index (χ1) is 8.56. The van der Waals surface area contributed by atoms with Gasteiger partial charge >= 0.3 is 0 Å². The fraction of sp³-hybridized carbons (Fsp3) is 0.500. The zero-order valence-electron chi connectivity index (χ0n) is 10.4. The summed E-state index contributed by atoms with van der Waals surface area (Å²) in [6.07, 6.45) is 3.61. The number of halogens is 1. The number of benzene rings is 1. The fourth-order valence-electron chi connectivity index (χ4n) is 2.50. The first kappa shape index (κ1) is 13.4. The van der Waals surface area contributed by atoms with Crippen molar-refractivity contribution in [3.63, 3.8) is 0 Å². The van der Waals surface area contributed by atoms with Crippen LogP contribution in [0.15, 0.2) is 23.1 Å². The van der Waals surface area contributed by atoms with E-state index in [2.05, 4.69) is 24.9 Å². The average Bonchev–Trinajstić information content (AvgIpc) is 2.75. The molecule has 98 valence electrons. The summed E-state index contributed by atoms with van der Waals surface area (Å²) in [6.45, 7) is 2.96. The number of carbonyl (C=O) groups excluding carboxylic acids is 1. The Bertz CT molecular complexity index is 449. The summed E-state index contributed by atoms with van der Waals surface area (Å²) >= 11 is 3.97. The molecule has 0 aromatic heterocycles. The van der Waals surface area contributed by atoms with E-state index in [0.29, 0.717) is 18.0 Å². The van der Waals surface area contributed by atoms with Crippen LogP contribution in [0.3, 0.4) is 0 Å².